The molecule has 2 aromatic heterocycles. The van der Waals surface area contributed by atoms with E-state index in [4.69, 9.17) is 21.1 Å². The molecule has 0 radical (unpaired) electrons. The van der Waals surface area contributed by atoms with Gasteiger partial charge in [-0.1, -0.05) is 37.6 Å². The lowest BCUT2D eigenvalue weighted by Gasteiger charge is -2.28. The highest BCUT2D eigenvalue weighted by Crippen LogP contribution is 2.34. The van der Waals surface area contributed by atoms with E-state index in [0.29, 0.717) is 24.4 Å². The number of rotatable bonds is 4. The molecular formula is C28H36ClN5O4. The summed E-state index contributed by atoms with van der Waals surface area (Å²) in [6, 6.07) is 7.35. The van der Waals surface area contributed by atoms with Gasteiger partial charge in [-0.25, -0.2) is 14.6 Å². The molecule has 0 atom stereocenters. The molecule has 10 heteroatoms. The van der Waals surface area contributed by atoms with Gasteiger partial charge in [0.05, 0.1) is 18.4 Å². The fraction of sp³-hybridized carbons (Fsp3) is 0.500. The van der Waals surface area contributed by atoms with Crippen molar-refractivity contribution in [1.29, 1.82) is 0 Å². The zero-order chi connectivity index (χ0) is 28.0. The highest BCUT2D eigenvalue weighted by atomic mass is 35.5. The molecule has 1 aliphatic rings. The van der Waals surface area contributed by atoms with Crippen molar-refractivity contribution in [1.82, 2.24) is 14.6 Å². The van der Waals surface area contributed by atoms with Crippen molar-refractivity contribution >= 4 is 40.9 Å². The van der Waals surface area contributed by atoms with Crippen LogP contribution in [-0.4, -0.2) is 44.5 Å². The van der Waals surface area contributed by atoms with E-state index in [-0.39, 0.29) is 17.6 Å². The number of nitrogens with zero attached hydrogens (tertiary/aromatic N) is 5. The maximum Gasteiger partial charge on any atom is 0.416 e. The van der Waals surface area contributed by atoms with E-state index in [1.165, 1.54) is 4.90 Å². The Morgan fingerprint density at radius 2 is 1.79 bits per heavy atom. The summed E-state index contributed by atoms with van der Waals surface area (Å²) in [4.78, 5) is 34.1. The number of hydrogen-bond donors (Lipinski definition) is 0. The average molecular weight is 542 g/mol. The molecule has 1 aromatic carbocycles. The number of carbonyl (C=O) groups excluding carboxylic acids is 2. The van der Waals surface area contributed by atoms with Gasteiger partial charge in [0.2, 0.25) is 0 Å². The van der Waals surface area contributed by atoms with E-state index in [0.717, 1.165) is 22.4 Å². The van der Waals surface area contributed by atoms with Gasteiger partial charge in [-0.3, -0.25) is 9.80 Å². The standard InChI is InChI=1S/C28H36ClN5O4/c1-17(2)20-15-30-34-23(14-22(29)31-24(20)34)33(26(36)38-28(6,7)8)16-18-10-9-11-21-19(18)12-13-32(21)25(35)37-27(3,4)5/h9-11,14-15,17H,12-13,16H2,1-8H3. The second-order valence-electron chi connectivity index (χ2n) is 11.8. The number of ether oxygens (including phenoxy) is 2. The number of carbonyl (C=O) groups is 2. The number of benzene rings is 1. The van der Waals surface area contributed by atoms with Crippen LogP contribution in [0.2, 0.25) is 5.15 Å². The summed E-state index contributed by atoms with van der Waals surface area (Å²) < 4.78 is 13.0. The number of halogens is 1. The molecule has 0 unspecified atom stereocenters. The summed E-state index contributed by atoms with van der Waals surface area (Å²) in [5.74, 6) is 0.610. The highest BCUT2D eigenvalue weighted by Gasteiger charge is 2.32. The SMILES string of the molecule is CC(C)c1cnn2c(N(Cc3cccc4c3CCN4C(=O)OC(C)(C)C)C(=O)OC(C)(C)C)cc(Cl)nc12. The molecule has 204 valence electrons. The molecule has 4 rings (SSSR count). The minimum Gasteiger partial charge on any atom is -0.443 e. The Kier molecular flexibility index (Phi) is 7.36. The minimum absolute atomic E-state index is 0.164. The van der Waals surface area contributed by atoms with Gasteiger partial charge in [0.15, 0.2) is 5.65 Å². The summed E-state index contributed by atoms with van der Waals surface area (Å²) in [5.41, 5.74) is 2.83. The first-order chi connectivity index (χ1) is 17.6. The van der Waals surface area contributed by atoms with Gasteiger partial charge in [-0.15, -0.1) is 0 Å². The fourth-order valence-corrected chi connectivity index (χ4v) is 4.60. The topological polar surface area (TPSA) is 89.3 Å². The van der Waals surface area contributed by atoms with Crippen molar-refractivity contribution in [2.45, 2.75) is 85.5 Å². The first kappa shape index (κ1) is 27.7. The van der Waals surface area contributed by atoms with Crippen LogP contribution in [0.1, 0.15) is 78.0 Å². The Labute approximate surface area is 228 Å². The van der Waals surface area contributed by atoms with Crippen LogP contribution in [0.25, 0.3) is 5.65 Å². The van der Waals surface area contributed by atoms with Crippen LogP contribution < -0.4 is 9.80 Å². The van der Waals surface area contributed by atoms with E-state index in [9.17, 15) is 9.59 Å². The molecule has 0 saturated heterocycles. The molecule has 9 nitrogen and oxygen atoms in total. The van der Waals surface area contributed by atoms with Crippen molar-refractivity contribution in [3.05, 3.63) is 52.3 Å². The van der Waals surface area contributed by atoms with Crippen LogP contribution in [0, 0.1) is 0 Å². The Bertz CT molecular complexity index is 1370. The van der Waals surface area contributed by atoms with Gasteiger partial charge in [-0.2, -0.15) is 9.61 Å². The molecule has 3 aromatic rings. The molecule has 0 aliphatic carbocycles. The third-order valence-electron chi connectivity index (χ3n) is 6.03. The molecule has 1 aliphatic heterocycles. The maximum absolute atomic E-state index is 13.6. The first-order valence-electron chi connectivity index (χ1n) is 12.8. The van der Waals surface area contributed by atoms with E-state index in [1.807, 2.05) is 59.7 Å². The average Bonchev–Trinajstić information content (AvgIpc) is 3.39. The van der Waals surface area contributed by atoms with E-state index >= 15 is 0 Å². The molecule has 0 bridgehead atoms. The second kappa shape index (κ2) is 10.1. The lowest BCUT2D eigenvalue weighted by molar-refractivity contribution is 0.0568. The molecule has 0 fully saturated rings. The number of hydrogen-bond acceptors (Lipinski definition) is 6. The normalized spacial score (nSPS) is 13.7. The van der Waals surface area contributed by atoms with Crippen LogP contribution in [0.3, 0.4) is 0 Å². The number of fused-ring (bicyclic) bond motifs is 2. The van der Waals surface area contributed by atoms with Crippen LogP contribution in [-0.2, 0) is 22.4 Å². The van der Waals surface area contributed by atoms with Gasteiger partial charge in [0, 0.05) is 18.2 Å². The van der Waals surface area contributed by atoms with Crippen molar-refractivity contribution in [2.75, 3.05) is 16.3 Å². The van der Waals surface area contributed by atoms with Crippen LogP contribution in [0.15, 0.2) is 30.5 Å². The molecule has 2 amide bonds. The summed E-state index contributed by atoms with van der Waals surface area (Å²) in [5, 5.41) is 4.79. The zero-order valence-electron chi connectivity index (χ0n) is 23.3. The number of anilines is 2. The third-order valence-corrected chi connectivity index (χ3v) is 6.22. The van der Waals surface area contributed by atoms with E-state index in [1.54, 1.807) is 21.7 Å². The Morgan fingerprint density at radius 3 is 2.42 bits per heavy atom. The molecular weight excluding hydrogens is 506 g/mol. The molecule has 0 saturated carbocycles. The molecule has 3 heterocycles. The summed E-state index contributed by atoms with van der Waals surface area (Å²) in [7, 11) is 0. The molecule has 0 N–H and O–H groups in total. The Balaban J connectivity index is 1.78. The van der Waals surface area contributed by atoms with Gasteiger partial charge < -0.3 is 9.47 Å². The van der Waals surface area contributed by atoms with Gasteiger partial charge >= 0.3 is 12.2 Å². The van der Waals surface area contributed by atoms with Crippen molar-refractivity contribution in [3.63, 3.8) is 0 Å². The first-order valence-corrected chi connectivity index (χ1v) is 13.2. The van der Waals surface area contributed by atoms with Crippen LogP contribution >= 0.6 is 11.6 Å². The van der Waals surface area contributed by atoms with Crippen molar-refractivity contribution in [2.24, 2.45) is 0 Å². The number of aromatic nitrogens is 3. The van der Waals surface area contributed by atoms with E-state index in [2.05, 4.69) is 23.9 Å². The molecule has 38 heavy (non-hydrogen) atoms. The van der Waals surface area contributed by atoms with Crippen molar-refractivity contribution < 1.29 is 19.1 Å². The lowest BCUT2D eigenvalue weighted by Crippen LogP contribution is -2.38. The monoisotopic (exact) mass is 541 g/mol. The Hall–Kier alpha value is -3.33. The summed E-state index contributed by atoms with van der Waals surface area (Å²) in [6.07, 6.45) is 1.46. The molecule has 0 spiro atoms. The second-order valence-corrected chi connectivity index (χ2v) is 12.2. The van der Waals surface area contributed by atoms with Gasteiger partial charge in [0.1, 0.15) is 22.2 Å². The smallest absolute Gasteiger partial charge is 0.416 e. The van der Waals surface area contributed by atoms with Crippen LogP contribution in [0.4, 0.5) is 21.1 Å². The largest absolute Gasteiger partial charge is 0.443 e. The van der Waals surface area contributed by atoms with E-state index < -0.39 is 23.4 Å². The summed E-state index contributed by atoms with van der Waals surface area (Å²) in [6.45, 7) is 15.8. The number of amides is 2. The van der Waals surface area contributed by atoms with Gasteiger partial charge in [0.25, 0.3) is 0 Å². The van der Waals surface area contributed by atoms with Crippen molar-refractivity contribution in [3.8, 4) is 0 Å². The predicted molar refractivity (Wildman–Crippen MR) is 148 cm³/mol. The predicted octanol–water partition coefficient (Wildman–Crippen LogP) is 6.75. The minimum atomic E-state index is -0.718. The quantitative estimate of drug-likeness (QED) is 0.339. The maximum atomic E-state index is 13.6. The van der Waals surface area contributed by atoms with Crippen LogP contribution in [0.5, 0.6) is 0 Å². The third kappa shape index (κ3) is 5.88. The summed E-state index contributed by atoms with van der Waals surface area (Å²) >= 11 is 6.45. The Morgan fingerprint density at radius 1 is 1.11 bits per heavy atom. The zero-order valence-corrected chi connectivity index (χ0v) is 24.1. The lowest BCUT2D eigenvalue weighted by atomic mass is 10.0. The fourth-order valence-electron chi connectivity index (χ4n) is 4.42. The van der Waals surface area contributed by atoms with Gasteiger partial charge in [-0.05, 0) is 71.1 Å². The highest BCUT2D eigenvalue weighted by molar-refractivity contribution is 6.29.